The lowest BCUT2D eigenvalue weighted by Crippen LogP contribution is -2.55. The van der Waals surface area contributed by atoms with Crippen LogP contribution in [0, 0.1) is 0 Å². The van der Waals surface area contributed by atoms with E-state index >= 15 is 0 Å². The van der Waals surface area contributed by atoms with Crippen molar-refractivity contribution in [1.82, 2.24) is 0 Å². The van der Waals surface area contributed by atoms with Gasteiger partial charge in [0.15, 0.2) is 0 Å². The zero-order valence-corrected chi connectivity index (χ0v) is 21.1. The summed E-state index contributed by atoms with van der Waals surface area (Å²) in [4.78, 5) is 0. The minimum absolute atomic E-state index is 0.0728. The van der Waals surface area contributed by atoms with E-state index in [-0.39, 0.29) is 16.2 Å². The summed E-state index contributed by atoms with van der Waals surface area (Å²) in [5, 5.41) is 4.43. The van der Waals surface area contributed by atoms with Crippen LogP contribution in [0.5, 0.6) is 0 Å². The van der Waals surface area contributed by atoms with Gasteiger partial charge in [-0.25, -0.2) is 0 Å². The Morgan fingerprint density at radius 1 is 0.621 bits per heavy atom. The molecule has 0 radical (unpaired) electrons. The predicted molar refractivity (Wildman–Crippen MR) is 136 cm³/mol. The third kappa shape index (κ3) is 4.72. The molecule has 3 rings (SSSR count). The second-order valence-corrected chi connectivity index (χ2v) is 13.2. The molecule has 0 nitrogen and oxygen atoms in total. The molecule has 0 unspecified atom stereocenters. The van der Waals surface area contributed by atoms with E-state index in [1.165, 1.54) is 31.7 Å². The maximum absolute atomic E-state index is 2.50. The Morgan fingerprint density at radius 2 is 1.03 bits per heavy atom. The molecular weight excluding hydrogens is 387 g/mol. The fourth-order valence-corrected chi connectivity index (χ4v) is 5.75. The van der Waals surface area contributed by atoms with Gasteiger partial charge in [-0.1, -0.05) is 104 Å². The Hall–Kier alpha value is -1.32. The van der Waals surface area contributed by atoms with Crippen molar-refractivity contribution in [3.8, 4) is 0 Å². The first kappa shape index (κ1) is 22.4. The Kier molecular flexibility index (Phi) is 5.97. The van der Waals surface area contributed by atoms with Crippen molar-refractivity contribution in [3.63, 3.8) is 0 Å². The van der Waals surface area contributed by atoms with Gasteiger partial charge in [0, 0.05) is 0 Å². The third-order valence-corrected chi connectivity index (χ3v) is 7.48. The molecule has 2 heterocycles. The summed E-state index contributed by atoms with van der Waals surface area (Å²) in [5.41, 5.74) is 6.20. The number of hydrogen-bond donors (Lipinski definition) is 0. The van der Waals surface area contributed by atoms with Crippen molar-refractivity contribution in [2.24, 2.45) is 0 Å². The summed E-state index contributed by atoms with van der Waals surface area (Å²) in [6.07, 6.45) is 0. The van der Waals surface area contributed by atoms with Crippen LogP contribution in [0.3, 0.4) is 0 Å². The number of thiophene rings is 2. The molecule has 0 fully saturated rings. The molecule has 2 aromatic heterocycles. The Balaban J connectivity index is 2.45. The van der Waals surface area contributed by atoms with Crippen LogP contribution in [-0.4, -0.2) is 6.71 Å². The average molecular weight is 423 g/mol. The Bertz CT molecular complexity index is 875. The van der Waals surface area contributed by atoms with Gasteiger partial charge >= 0.3 is 0 Å². The first-order valence-electron chi connectivity index (χ1n) is 10.6. The van der Waals surface area contributed by atoms with Gasteiger partial charge in [0.05, 0.1) is 0 Å². The number of benzene rings is 1. The molecule has 0 saturated carbocycles. The zero-order valence-electron chi connectivity index (χ0n) is 19.5. The van der Waals surface area contributed by atoms with E-state index in [4.69, 9.17) is 0 Å². The topological polar surface area (TPSA) is 0 Å². The summed E-state index contributed by atoms with van der Waals surface area (Å²) >= 11 is 3.76. The van der Waals surface area contributed by atoms with E-state index < -0.39 is 0 Å². The van der Waals surface area contributed by atoms with Crippen LogP contribution >= 0.6 is 22.7 Å². The van der Waals surface area contributed by atoms with Crippen LogP contribution < -0.4 is 15.0 Å². The Labute approximate surface area is 186 Å². The fourth-order valence-electron chi connectivity index (χ4n) is 3.97. The van der Waals surface area contributed by atoms with E-state index in [0.29, 0.717) is 6.71 Å². The molecule has 0 spiro atoms. The minimum Gasteiger partial charge on any atom is -0.158 e. The molecule has 0 aliphatic heterocycles. The average Bonchev–Trinajstić information content (AvgIpc) is 3.26. The van der Waals surface area contributed by atoms with Crippen LogP contribution in [0.2, 0.25) is 0 Å². The van der Waals surface area contributed by atoms with Gasteiger partial charge in [0.2, 0.25) is 0 Å². The van der Waals surface area contributed by atoms with Crippen molar-refractivity contribution >= 4 is 44.4 Å². The lowest BCUT2D eigenvalue weighted by Gasteiger charge is -2.35. The van der Waals surface area contributed by atoms with Gasteiger partial charge in [-0.05, 0) is 53.2 Å². The van der Waals surface area contributed by atoms with Crippen molar-refractivity contribution in [2.75, 3.05) is 0 Å². The molecule has 0 aliphatic carbocycles. The lowest BCUT2D eigenvalue weighted by atomic mass is 9.39. The summed E-state index contributed by atoms with van der Waals surface area (Å²) in [6, 6.07) is 14.0. The smallest absolute Gasteiger partial charge is 0.158 e. The monoisotopic (exact) mass is 422 g/mol. The van der Waals surface area contributed by atoms with Crippen molar-refractivity contribution in [3.05, 3.63) is 63.8 Å². The van der Waals surface area contributed by atoms with Gasteiger partial charge < -0.3 is 0 Å². The minimum atomic E-state index is 0.0728. The van der Waals surface area contributed by atoms with Crippen molar-refractivity contribution in [2.45, 2.75) is 78.6 Å². The maximum atomic E-state index is 2.50. The second-order valence-electron chi connectivity index (χ2n) is 11.2. The van der Waals surface area contributed by atoms with E-state index in [1.54, 1.807) is 0 Å². The van der Waals surface area contributed by atoms with E-state index in [9.17, 15) is 0 Å². The molecule has 0 bridgehead atoms. The van der Waals surface area contributed by atoms with Crippen LogP contribution in [-0.2, 0) is 16.2 Å². The van der Waals surface area contributed by atoms with Crippen LogP contribution in [0.25, 0.3) is 0 Å². The van der Waals surface area contributed by atoms with Crippen LogP contribution in [0.15, 0.2) is 47.2 Å². The SMILES string of the molecule is CC(C)(C)c1cc(C(C)(C)C)c(B(c2cccs2)c2cccs2)c(C(C)(C)C)c1. The molecule has 1 aromatic carbocycles. The molecule has 0 saturated heterocycles. The fraction of sp³-hybridized carbons (Fsp3) is 0.462. The second kappa shape index (κ2) is 7.74. The standard InChI is InChI=1S/C26H35BS2/c1-24(2,3)18-16-19(25(4,5)6)23(20(17-18)26(7,8)9)27(21-12-10-14-28-21)22-13-11-15-29-22/h10-17H,1-9H3. The lowest BCUT2D eigenvalue weighted by molar-refractivity contribution is 0.553. The maximum Gasteiger partial charge on any atom is 0.267 e. The highest BCUT2D eigenvalue weighted by atomic mass is 32.1. The molecule has 154 valence electrons. The quantitative estimate of drug-likeness (QED) is 0.440. The summed E-state index contributed by atoms with van der Waals surface area (Å²) < 4.78 is 2.87. The first-order valence-corrected chi connectivity index (χ1v) is 12.3. The zero-order chi connectivity index (χ0) is 21.6. The highest BCUT2D eigenvalue weighted by Crippen LogP contribution is 2.34. The van der Waals surface area contributed by atoms with Gasteiger partial charge in [0.25, 0.3) is 6.71 Å². The van der Waals surface area contributed by atoms with Gasteiger partial charge in [-0.3, -0.25) is 0 Å². The molecular formula is C26H35BS2. The summed E-state index contributed by atoms with van der Waals surface area (Å²) in [6.45, 7) is 21.5. The van der Waals surface area contributed by atoms with Gasteiger partial charge in [0.1, 0.15) is 0 Å². The van der Waals surface area contributed by atoms with E-state index in [2.05, 4.69) is 109 Å². The summed E-state index contributed by atoms with van der Waals surface area (Å²) in [5.74, 6) is 0. The molecule has 0 aliphatic rings. The van der Waals surface area contributed by atoms with Gasteiger partial charge in [-0.2, -0.15) is 22.7 Å². The largest absolute Gasteiger partial charge is 0.267 e. The first-order chi connectivity index (χ1) is 13.3. The highest BCUT2D eigenvalue weighted by Gasteiger charge is 2.36. The van der Waals surface area contributed by atoms with Crippen LogP contribution in [0.4, 0.5) is 0 Å². The molecule has 0 amide bonds. The molecule has 3 aromatic rings. The molecule has 29 heavy (non-hydrogen) atoms. The normalized spacial score (nSPS) is 13.0. The van der Waals surface area contributed by atoms with E-state index in [1.807, 2.05) is 22.7 Å². The molecule has 3 heteroatoms. The number of hydrogen-bond acceptors (Lipinski definition) is 2. The third-order valence-electron chi connectivity index (χ3n) is 5.61. The van der Waals surface area contributed by atoms with Crippen molar-refractivity contribution < 1.29 is 0 Å². The number of rotatable bonds is 3. The molecule has 0 atom stereocenters. The van der Waals surface area contributed by atoms with Crippen LogP contribution in [0.1, 0.15) is 79.0 Å². The predicted octanol–water partition coefficient (Wildman–Crippen LogP) is 6.22. The highest BCUT2D eigenvalue weighted by molar-refractivity contribution is 7.33. The summed E-state index contributed by atoms with van der Waals surface area (Å²) in [7, 11) is 0. The Morgan fingerprint density at radius 3 is 1.31 bits per heavy atom. The van der Waals surface area contributed by atoms with Gasteiger partial charge in [-0.15, -0.1) is 0 Å². The van der Waals surface area contributed by atoms with Crippen molar-refractivity contribution in [1.29, 1.82) is 0 Å². The molecule has 0 N–H and O–H groups in total. The van der Waals surface area contributed by atoms with E-state index in [0.717, 1.165) is 0 Å².